The first-order chi connectivity index (χ1) is 65.9. The molecule has 36 heteroatoms. The molecule has 748 valence electrons. The summed E-state index contributed by atoms with van der Waals surface area (Å²) >= 11 is 0. The third-order valence-corrected chi connectivity index (χ3v) is 32.5. The minimum Gasteiger partial charge on any atom is -0.455 e. The van der Waals surface area contributed by atoms with Gasteiger partial charge in [0, 0.05) is 112 Å². The van der Waals surface area contributed by atoms with E-state index in [2.05, 4.69) is 37.2 Å². The molecule has 0 radical (unpaired) electrons. The number of hydrogen-bond donors (Lipinski definition) is 12. The summed E-state index contributed by atoms with van der Waals surface area (Å²) in [7, 11) is 6.10. The number of ketones is 2. The lowest BCUT2D eigenvalue weighted by molar-refractivity contribution is -0.346. The van der Waals surface area contributed by atoms with Gasteiger partial charge in [-0.3, -0.25) is 47.9 Å². The van der Waals surface area contributed by atoms with E-state index in [4.69, 9.17) is 34.2 Å². The van der Waals surface area contributed by atoms with Crippen molar-refractivity contribution in [2.24, 2.45) is 34.3 Å². The summed E-state index contributed by atoms with van der Waals surface area (Å²) in [5.41, 5.74) is 4.35. The van der Waals surface area contributed by atoms with E-state index in [1.165, 1.54) is 54.4 Å². The number of Topliss-reactive ketones (excluding diaryl/α,β-unsaturated/α-hetero) is 2. The third-order valence-electron chi connectivity index (χ3n) is 27.7. The summed E-state index contributed by atoms with van der Waals surface area (Å²) in [6.07, 6.45) is -6.93. The number of aliphatic hydroxyl groups is 4. The largest absolute Gasteiger partial charge is 0.455 e. The molecule has 5 aromatic carbocycles. The average molecular weight is 1980 g/mol. The molecule has 2 saturated heterocycles. The average Bonchev–Trinajstić information content (AvgIpc) is 0.706. The van der Waals surface area contributed by atoms with Crippen LogP contribution < -0.4 is 43.0 Å². The van der Waals surface area contributed by atoms with E-state index in [1.807, 2.05) is 37.3 Å². The molecule has 4 aliphatic carbocycles. The second-order valence-electron chi connectivity index (χ2n) is 37.4. The molecule has 0 aromatic heterocycles. The Bertz CT molecular complexity index is 5160. The molecule has 5 aromatic rings. The Hall–Kier alpha value is -9.99. The number of amides is 8. The molecule has 2 bridgehead atoms. The Morgan fingerprint density at radius 3 is 2.01 bits per heavy atom. The fourth-order valence-corrected chi connectivity index (χ4v) is 24.2. The fourth-order valence-electron chi connectivity index (χ4n) is 19.9. The highest BCUT2D eigenvalue weighted by atomic mass is 33.1. The van der Waals surface area contributed by atoms with E-state index in [1.54, 1.807) is 163 Å². The van der Waals surface area contributed by atoms with E-state index < -0.39 is 221 Å². The van der Waals surface area contributed by atoms with Crippen LogP contribution in [0.25, 0.3) is 5.57 Å². The number of nitrogens with two attached hydrogens (primary N) is 1. The van der Waals surface area contributed by atoms with Crippen molar-refractivity contribution in [3.63, 3.8) is 0 Å². The molecule has 21 atom stereocenters. The van der Waals surface area contributed by atoms with Crippen LogP contribution in [-0.2, 0) is 100 Å². The van der Waals surface area contributed by atoms with Crippen molar-refractivity contribution in [1.29, 1.82) is 0 Å². The molecule has 2 saturated carbocycles. The van der Waals surface area contributed by atoms with E-state index >= 15 is 33.6 Å². The second kappa shape index (κ2) is 49.9. The van der Waals surface area contributed by atoms with Crippen LogP contribution in [0.1, 0.15) is 178 Å². The molecule has 2 heterocycles. The number of nitrogens with zero attached hydrogens (tertiary/aromatic N) is 1. The summed E-state index contributed by atoms with van der Waals surface area (Å²) in [6, 6.07) is 32.3. The Morgan fingerprint density at radius 2 is 1.37 bits per heavy atom. The third kappa shape index (κ3) is 26.2. The lowest BCUT2D eigenvalue weighted by Gasteiger charge is -2.68. The van der Waals surface area contributed by atoms with Gasteiger partial charge in [0.2, 0.25) is 47.5 Å². The van der Waals surface area contributed by atoms with Gasteiger partial charge in [0.05, 0.1) is 60.5 Å². The van der Waals surface area contributed by atoms with Crippen molar-refractivity contribution in [2.45, 2.75) is 255 Å². The highest BCUT2D eigenvalue weighted by molar-refractivity contribution is 8.77. The first-order valence-electron chi connectivity index (χ1n) is 47.4. The highest BCUT2D eigenvalue weighted by Crippen LogP contribution is 2.66. The molecule has 1 unspecified atom stereocenters. The molecule has 11 rings (SSSR count). The van der Waals surface area contributed by atoms with Gasteiger partial charge in [-0.2, -0.15) is 0 Å². The zero-order valence-corrected chi connectivity index (χ0v) is 83.4. The number of allylic oxidation sites excluding steroid dienone is 1. The molecule has 13 N–H and O–H groups in total. The summed E-state index contributed by atoms with van der Waals surface area (Å²) in [5, 5.41) is 65.5. The number of methoxy groups -OCH3 is 1. The van der Waals surface area contributed by atoms with Gasteiger partial charge in [-0.05, 0) is 129 Å². The van der Waals surface area contributed by atoms with Crippen LogP contribution >= 0.6 is 43.2 Å². The molecule has 32 nitrogen and oxygen atoms in total. The molecule has 138 heavy (non-hydrogen) atoms. The smallest absolute Gasteiger partial charge is 0.410 e. The maximum absolute atomic E-state index is 16.0. The van der Waals surface area contributed by atoms with Gasteiger partial charge in [0.1, 0.15) is 59.9 Å². The van der Waals surface area contributed by atoms with Gasteiger partial charge in [0.25, 0.3) is 0 Å². The normalized spacial score (nSPS) is 27.0. The van der Waals surface area contributed by atoms with Crippen molar-refractivity contribution in [3.8, 4) is 0 Å². The first kappa shape index (κ1) is 108. The highest BCUT2D eigenvalue weighted by Gasteiger charge is 2.78. The number of benzene rings is 5. The SMILES string of the molecule is CCCCN(CCSSCCC(=O)N[C@H](Cc1ccccc1)C(=O)N[C@H]1CSSC[C@@H](C(=O)N[C@H](CO)[C@@H](C)O)NC(=O)[C@H]([C@@H](C)O)NC(=O)[C@H](CCCCN)NC(=O)[C@@H](CC2=CCc3ccccc32)NC(=O)[C@H](Cc2ccccc2)CC1=O)C(=O)O[C@@H](C(=O)OC1C[C@@]2(O)[C@@H](OC(=O)c3ccccc3)[C@@H]3[C@]4(OC(C)=O)CO[C@@H]4C[C@H](OC)[C@@]3(C)C(=O)[C@H](C)C(=C1C)C2(C)C)[C@@H](C)c1ccccc1. The van der Waals surface area contributed by atoms with Crippen LogP contribution in [0, 0.1) is 28.6 Å². The quantitative estimate of drug-likeness (QED) is 0.00582. The number of ether oxygens (including phenoxy) is 6. The molecule has 6 aliphatic rings. The van der Waals surface area contributed by atoms with Crippen LogP contribution in [0.2, 0.25) is 0 Å². The number of aliphatic hydroxyl groups excluding tert-OH is 3. The first-order valence-corrected chi connectivity index (χ1v) is 52.3. The maximum atomic E-state index is 16.0. The Morgan fingerprint density at radius 1 is 0.732 bits per heavy atom. The lowest BCUT2D eigenvalue weighted by Crippen LogP contribution is -2.81. The van der Waals surface area contributed by atoms with Gasteiger partial charge in [-0.25, -0.2) is 14.4 Å². The van der Waals surface area contributed by atoms with Crippen LogP contribution in [0.5, 0.6) is 0 Å². The van der Waals surface area contributed by atoms with Gasteiger partial charge >= 0.3 is 24.0 Å². The predicted octanol–water partition coefficient (Wildman–Crippen LogP) is 8.51. The van der Waals surface area contributed by atoms with E-state index in [0.29, 0.717) is 71.3 Å². The maximum Gasteiger partial charge on any atom is 0.410 e. The van der Waals surface area contributed by atoms with Crippen molar-refractivity contribution in [3.05, 3.63) is 196 Å². The number of hydrogen-bond acceptors (Lipinski definition) is 28. The van der Waals surface area contributed by atoms with Crippen molar-refractivity contribution in [1.82, 2.24) is 42.1 Å². The van der Waals surface area contributed by atoms with Crippen LogP contribution in [0.15, 0.2) is 163 Å². The summed E-state index contributed by atoms with van der Waals surface area (Å²) < 4.78 is 38.4. The Balaban J connectivity index is 0.820. The molecular weight excluding hydrogens is 1850 g/mol. The fraction of sp³-hybridized carbons (Fsp3) is 0.539. The minimum absolute atomic E-state index is 0.0111. The number of carbonyl (C=O) groups excluding carboxylic acids is 13. The monoisotopic (exact) mass is 1980 g/mol. The zero-order valence-electron chi connectivity index (χ0n) is 80.1. The van der Waals surface area contributed by atoms with E-state index in [9.17, 15) is 49.2 Å². The van der Waals surface area contributed by atoms with E-state index in [-0.39, 0.29) is 93.4 Å². The molecule has 4 fully saturated rings. The van der Waals surface area contributed by atoms with Crippen LogP contribution in [0.3, 0.4) is 0 Å². The van der Waals surface area contributed by atoms with Gasteiger partial charge in [-0.1, -0.05) is 224 Å². The number of unbranched alkanes of at least 4 members (excludes halogenated alkanes) is 2. The predicted molar refractivity (Wildman–Crippen MR) is 526 cm³/mol. The van der Waals surface area contributed by atoms with Crippen molar-refractivity contribution < 1.29 is 111 Å². The summed E-state index contributed by atoms with van der Waals surface area (Å²) in [5.74, 6) is -13.7. The number of carbonyl (C=O) groups is 13. The molecule has 2 aliphatic heterocycles. The van der Waals surface area contributed by atoms with Gasteiger partial charge < -0.3 is 96.7 Å². The van der Waals surface area contributed by atoms with Crippen molar-refractivity contribution in [2.75, 3.05) is 63.0 Å². The molecule has 0 spiro atoms. The van der Waals surface area contributed by atoms with Crippen LogP contribution in [-0.4, -0.2) is 261 Å². The van der Waals surface area contributed by atoms with Gasteiger partial charge in [0.15, 0.2) is 11.4 Å². The Labute approximate surface area is 822 Å². The number of nitrogens with one attached hydrogen (secondary N) is 7. The second-order valence-corrected chi connectivity index (χ2v) is 42.6. The number of rotatable bonds is 37. The summed E-state index contributed by atoms with van der Waals surface area (Å²) in [4.78, 5) is 196. The molecular formula is C102H133N9O23S4. The van der Waals surface area contributed by atoms with Crippen LogP contribution in [0.4, 0.5) is 4.79 Å². The Kier molecular flexibility index (Phi) is 39.2. The number of fused-ring (bicyclic) bond motifs is 6. The van der Waals surface area contributed by atoms with E-state index in [0.717, 1.165) is 32.7 Å². The molecule has 8 amide bonds. The van der Waals surface area contributed by atoms with Gasteiger partial charge in [-0.15, -0.1) is 0 Å². The standard InChI is InChI=1S/C102H133N9O23S4/c1-12-13-45-111(98(127)132-86(59(2)67-34-22-16-23-35-67)97(126)131-80-54-102(128)89(133-96(125)69-37-24-17-25-38-69)87-100(10,88(118)61(4)84(60(80)3)99(102,8)9)81(129-11)53-82-101(87,58-130-82)134-64(7)115)46-48-136-135-47-43-83(117)104-74(50-66-32-20-15-21-33-66)92(121)108-77-56-137-138-57-78(94(123)107-76(55-112)62(5)113)109-95(124)85(63(6)114)110-91(120)73(40-28-29-44-103)105-93(122)75(51-70-42-41-68-36-26-27-39-72(68)70)106-90(119)71(52-79(77)116)49-65-30-18-14-19-31-65/h14-27,30-39,42,59,61-63,71,73-78,80-82,85-87,89,112-114,128H,12-13,28-29,40-41,43-58,103H2,1-11H3,(H,104,117)(H,105,122)(H,106,119)(H,107,123)(H,108,121)(H,109,124)(H,110,120)/t59-,61+,62+,63+,71+,73-,74+,75+,76+,77-,78-,80?,81-,82+,85-,86+,87-,89-,100+,101-,102+/m0/s1. The summed E-state index contributed by atoms with van der Waals surface area (Å²) in [6.45, 7) is 15.7. The van der Waals surface area contributed by atoms with Crippen molar-refractivity contribution >= 4 is 126 Å². The number of esters is 3. The topological polar surface area (TPSA) is 472 Å². The lowest BCUT2D eigenvalue weighted by atomic mass is 9.43. The minimum atomic E-state index is -2.24. The zero-order chi connectivity index (χ0) is 99.9.